The van der Waals surface area contributed by atoms with Gasteiger partial charge in [0.15, 0.2) is 6.29 Å². The lowest BCUT2D eigenvalue weighted by Gasteiger charge is -2.35. The molecule has 4 atom stereocenters. The number of hydrogen-bond donors (Lipinski definition) is 2. The molecule has 1 unspecified atom stereocenters. The van der Waals surface area contributed by atoms with E-state index in [-0.39, 0.29) is 13.2 Å². The number of ether oxygens (including phenoxy) is 2. The molecule has 1 aliphatic heterocycles. The molecule has 0 aromatic carbocycles. The Morgan fingerprint density at radius 1 is 1.60 bits per heavy atom. The largest absolute Gasteiger partial charge is 0.390 e. The molecule has 0 spiro atoms. The van der Waals surface area contributed by atoms with Gasteiger partial charge in [-0.25, -0.2) is 0 Å². The fraction of sp³-hybridized carbons (Fsp3) is 0.750. The fourth-order valence-corrected chi connectivity index (χ4v) is 1.26. The third-order valence-corrected chi connectivity index (χ3v) is 2.03. The molecule has 7 nitrogen and oxygen atoms in total. The second kappa shape index (κ2) is 5.69. The van der Waals surface area contributed by atoms with E-state index in [0.29, 0.717) is 0 Å². The smallest absolute Gasteiger partial charge is 0.186 e. The Hall–Kier alpha value is -1.11. The van der Waals surface area contributed by atoms with Gasteiger partial charge in [-0.05, 0) is 5.53 Å². The Balaban J connectivity index is 2.55. The maximum atomic E-state index is 9.54. The number of hydrogen-bond acceptors (Lipinski definition) is 5. The summed E-state index contributed by atoms with van der Waals surface area (Å²) in [5.41, 5.74) is 8.20. The van der Waals surface area contributed by atoms with E-state index in [1.807, 2.05) is 0 Å². The highest BCUT2D eigenvalue weighted by molar-refractivity contribution is 4.88. The normalized spacial score (nSPS) is 35.6. The van der Waals surface area contributed by atoms with E-state index >= 15 is 0 Å². The van der Waals surface area contributed by atoms with Gasteiger partial charge in [-0.2, -0.15) is 0 Å². The van der Waals surface area contributed by atoms with Crippen molar-refractivity contribution in [3.63, 3.8) is 0 Å². The van der Waals surface area contributed by atoms with Crippen LogP contribution in [0, 0.1) is 0 Å². The molecule has 0 saturated carbocycles. The van der Waals surface area contributed by atoms with E-state index in [1.54, 1.807) is 0 Å². The second-order valence-electron chi connectivity index (χ2n) is 3.08. The monoisotopic (exact) mass is 215 g/mol. The molecule has 7 heteroatoms. The molecule has 0 bridgehead atoms. The minimum atomic E-state index is -1.23. The molecule has 0 radical (unpaired) electrons. The van der Waals surface area contributed by atoms with Crippen LogP contribution in [0.5, 0.6) is 0 Å². The molecule has 1 saturated heterocycles. The first-order chi connectivity index (χ1) is 7.20. The summed E-state index contributed by atoms with van der Waals surface area (Å²) in [6, 6.07) is -0.784. The SMILES string of the molecule is C=CCO[C@H]1OCC(N=[N+]=[N-])[C@H](O)[C@@H]1O. The molecule has 0 aromatic rings. The maximum absolute atomic E-state index is 9.54. The Labute approximate surface area is 86.5 Å². The molecule has 1 aliphatic rings. The van der Waals surface area contributed by atoms with Crippen LogP contribution in [-0.4, -0.2) is 48.0 Å². The Morgan fingerprint density at radius 2 is 2.33 bits per heavy atom. The molecular weight excluding hydrogens is 202 g/mol. The summed E-state index contributed by atoms with van der Waals surface area (Å²) in [5, 5.41) is 22.4. The third kappa shape index (κ3) is 2.92. The highest BCUT2D eigenvalue weighted by atomic mass is 16.7. The van der Waals surface area contributed by atoms with E-state index in [0.717, 1.165) is 0 Å². The first-order valence-electron chi connectivity index (χ1n) is 4.45. The zero-order valence-electron chi connectivity index (χ0n) is 8.06. The number of azide groups is 1. The molecule has 0 amide bonds. The number of nitrogens with zero attached hydrogens (tertiary/aromatic N) is 3. The van der Waals surface area contributed by atoms with Crippen LogP contribution in [0.25, 0.3) is 10.4 Å². The first-order valence-corrected chi connectivity index (χ1v) is 4.45. The molecule has 15 heavy (non-hydrogen) atoms. The van der Waals surface area contributed by atoms with E-state index < -0.39 is 24.5 Å². The Kier molecular flexibility index (Phi) is 4.54. The topological polar surface area (TPSA) is 108 Å². The van der Waals surface area contributed by atoms with Crippen molar-refractivity contribution in [2.75, 3.05) is 13.2 Å². The quantitative estimate of drug-likeness (QED) is 0.296. The first kappa shape index (κ1) is 12.0. The summed E-state index contributed by atoms with van der Waals surface area (Å²) in [7, 11) is 0. The summed E-state index contributed by atoms with van der Waals surface area (Å²) in [6.45, 7) is 3.67. The van der Waals surface area contributed by atoms with E-state index in [2.05, 4.69) is 16.6 Å². The van der Waals surface area contributed by atoms with Crippen molar-refractivity contribution in [2.24, 2.45) is 5.11 Å². The van der Waals surface area contributed by atoms with Gasteiger partial charge in [0.05, 0.1) is 25.4 Å². The molecule has 0 aromatic heterocycles. The number of rotatable bonds is 4. The summed E-state index contributed by atoms with van der Waals surface area (Å²) in [5.74, 6) is 0. The van der Waals surface area contributed by atoms with Gasteiger partial charge in [-0.1, -0.05) is 11.2 Å². The average Bonchev–Trinajstić information content (AvgIpc) is 2.24. The van der Waals surface area contributed by atoms with Crippen LogP contribution in [0.4, 0.5) is 0 Å². The van der Waals surface area contributed by atoms with Crippen molar-refractivity contribution in [3.8, 4) is 0 Å². The predicted octanol–water partition coefficient (Wildman–Crippen LogP) is -0.0540. The van der Waals surface area contributed by atoms with E-state index in [9.17, 15) is 10.2 Å². The zero-order chi connectivity index (χ0) is 11.3. The van der Waals surface area contributed by atoms with Crippen LogP contribution in [0.1, 0.15) is 0 Å². The van der Waals surface area contributed by atoms with Crippen molar-refractivity contribution in [1.82, 2.24) is 0 Å². The van der Waals surface area contributed by atoms with Crippen molar-refractivity contribution < 1.29 is 19.7 Å². The summed E-state index contributed by atoms with van der Waals surface area (Å²) in [6.07, 6.45) is -1.82. The molecule has 1 fully saturated rings. The molecular formula is C8H13N3O4. The van der Waals surface area contributed by atoms with Crippen LogP contribution in [0.15, 0.2) is 17.8 Å². The lowest BCUT2D eigenvalue weighted by molar-refractivity contribution is -0.243. The lowest BCUT2D eigenvalue weighted by Crippen LogP contribution is -2.53. The molecule has 84 valence electrons. The van der Waals surface area contributed by atoms with Crippen molar-refractivity contribution in [3.05, 3.63) is 23.1 Å². The van der Waals surface area contributed by atoms with Crippen LogP contribution in [0.2, 0.25) is 0 Å². The highest BCUT2D eigenvalue weighted by Gasteiger charge is 2.38. The van der Waals surface area contributed by atoms with Crippen molar-refractivity contribution in [1.29, 1.82) is 0 Å². The number of aliphatic hydroxyl groups is 2. The third-order valence-electron chi connectivity index (χ3n) is 2.03. The minimum absolute atomic E-state index is 0.0180. The van der Waals surface area contributed by atoms with Crippen molar-refractivity contribution in [2.45, 2.75) is 24.5 Å². The van der Waals surface area contributed by atoms with Gasteiger partial charge >= 0.3 is 0 Å². The van der Waals surface area contributed by atoms with Gasteiger partial charge in [-0.3, -0.25) is 0 Å². The van der Waals surface area contributed by atoms with Gasteiger partial charge in [0.25, 0.3) is 0 Å². The van der Waals surface area contributed by atoms with Gasteiger partial charge in [0.1, 0.15) is 6.10 Å². The Morgan fingerprint density at radius 3 is 2.93 bits per heavy atom. The van der Waals surface area contributed by atoms with Gasteiger partial charge in [-0.15, -0.1) is 6.58 Å². The summed E-state index contributed by atoms with van der Waals surface area (Å²) in [4.78, 5) is 2.55. The van der Waals surface area contributed by atoms with Crippen LogP contribution < -0.4 is 0 Å². The minimum Gasteiger partial charge on any atom is -0.390 e. The van der Waals surface area contributed by atoms with Gasteiger partial charge in [0, 0.05) is 4.91 Å². The molecule has 1 rings (SSSR count). The molecule has 0 aliphatic carbocycles. The standard InChI is InChI=1S/C8H13N3O4/c1-2-3-14-8-7(13)6(12)5(4-15-8)10-11-9/h2,5-8,12-13H,1,3-4H2/t5?,6-,7-,8-/m0/s1. The molecule has 2 N–H and O–H groups in total. The Bertz CT molecular complexity index is 267. The summed E-state index contributed by atoms with van der Waals surface area (Å²) < 4.78 is 10.1. The maximum Gasteiger partial charge on any atom is 0.186 e. The van der Waals surface area contributed by atoms with Gasteiger partial charge < -0.3 is 19.7 Å². The molecule has 1 heterocycles. The van der Waals surface area contributed by atoms with E-state index in [1.165, 1.54) is 6.08 Å². The second-order valence-corrected chi connectivity index (χ2v) is 3.08. The van der Waals surface area contributed by atoms with Crippen molar-refractivity contribution >= 4 is 0 Å². The summed E-state index contributed by atoms with van der Waals surface area (Å²) >= 11 is 0. The lowest BCUT2D eigenvalue weighted by atomic mass is 10.0. The van der Waals surface area contributed by atoms with Gasteiger partial charge in [0.2, 0.25) is 0 Å². The zero-order valence-corrected chi connectivity index (χ0v) is 8.06. The average molecular weight is 215 g/mol. The fourth-order valence-electron chi connectivity index (χ4n) is 1.26. The number of aliphatic hydroxyl groups excluding tert-OH is 2. The van der Waals surface area contributed by atoms with Crippen LogP contribution in [0.3, 0.4) is 0 Å². The van der Waals surface area contributed by atoms with Crippen LogP contribution >= 0.6 is 0 Å². The van der Waals surface area contributed by atoms with E-state index in [4.69, 9.17) is 15.0 Å². The highest BCUT2D eigenvalue weighted by Crippen LogP contribution is 2.18. The van der Waals surface area contributed by atoms with Crippen LogP contribution in [-0.2, 0) is 9.47 Å². The predicted molar refractivity (Wildman–Crippen MR) is 50.8 cm³/mol.